The Balaban J connectivity index is 1.91. The standard InChI is InChI=1S/C14H22N2O/c1-10-5-6-15-8-11(10)9-16-12-7-13(17-4)14(12,2)3/h5-6,8,12-13,16H,7,9H2,1-4H3. The summed E-state index contributed by atoms with van der Waals surface area (Å²) in [5, 5.41) is 3.61. The molecule has 0 amide bonds. The van der Waals surface area contributed by atoms with E-state index in [0.717, 1.165) is 13.0 Å². The summed E-state index contributed by atoms with van der Waals surface area (Å²) in [4.78, 5) is 4.17. The van der Waals surface area contributed by atoms with Crippen LogP contribution in [0.15, 0.2) is 18.5 Å². The minimum Gasteiger partial charge on any atom is -0.381 e. The van der Waals surface area contributed by atoms with Crippen molar-refractivity contribution in [2.45, 2.75) is 45.9 Å². The first kappa shape index (κ1) is 12.5. The lowest BCUT2D eigenvalue weighted by Gasteiger charge is -2.51. The molecule has 3 heteroatoms. The van der Waals surface area contributed by atoms with Gasteiger partial charge in [0.25, 0.3) is 0 Å². The van der Waals surface area contributed by atoms with Gasteiger partial charge in [-0.1, -0.05) is 13.8 Å². The number of hydrogen-bond donors (Lipinski definition) is 1. The summed E-state index contributed by atoms with van der Waals surface area (Å²) in [5.41, 5.74) is 2.81. The summed E-state index contributed by atoms with van der Waals surface area (Å²) < 4.78 is 5.46. The molecule has 2 unspecified atom stereocenters. The Labute approximate surface area is 104 Å². The minimum atomic E-state index is 0.227. The second-order valence-electron chi connectivity index (χ2n) is 5.52. The van der Waals surface area contributed by atoms with Crippen LogP contribution in [0.5, 0.6) is 0 Å². The van der Waals surface area contributed by atoms with Gasteiger partial charge in [0, 0.05) is 37.5 Å². The fourth-order valence-corrected chi connectivity index (χ4v) is 2.55. The summed E-state index contributed by atoms with van der Waals surface area (Å²) in [5.74, 6) is 0. The van der Waals surface area contributed by atoms with E-state index in [2.05, 4.69) is 37.1 Å². The zero-order chi connectivity index (χ0) is 12.5. The Morgan fingerprint density at radius 2 is 2.29 bits per heavy atom. The first-order chi connectivity index (χ1) is 8.05. The van der Waals surface area contributed by atoms with Crippen LogP contribution in [0.1, 0.15) is 31.4 Å². The van der Waals surface area contributed by atoms with Crippen LogP contribution >= 0.6 is 0 Å². The van der Waals surface area contributed by atoms with E-state index in [1.54, 1.807) is 7.11 Å². The molecule has 1 aromatic heterocycles. The van der Waals surface area contributed by atoms with Crippen LogP contribution in [-0.2, 0) is 11.3 Å². The molecule has 0 bridgehead atoms. The lowest BCUT2D eigenvalue weighted by Crippen LogP contribution is -2.60. The average Bonchev–Trinajstić information content (AvgIpc) is 2.30. The maximum absolute atomic E-state index is 5.46. The Kier molecular flexibility index (Phi) is 3.50. The summed E-state index contributed by atoms with van der Waals surface area (Å²) in [6.07, 6.45) is 5.27. The average molecular weight is 234 g/mol. The molecule has 0 aliphatic heterocycles. The predicted molar refractivity (Wildman–Crippen MR) is 68.8 cm³/mol. The van der Waals surface area contributed by atoms with Gasteiger partial charge >= 0.3 is 0 Å². The molecule has 2 rings (SSSR count). The molecule has 0 spiro atoms. The van der Waals surface area contributed by atoms with Crippen LogP contribution in [0.25, 0.3) is 0 Å². The van der Waals surface area contributed by atoms with Crippen molar-refractivity contribution < 1.29 is 4.74 Å². The highest BCUT2D eigenvalue weighted by Gasteiger charge is 2.48. The zero-order valence-corrected chi connectivity index (χ0v) is 11.2. The molecule has 0 aromatic carbocycles. The van der Waals surface area contributed by atoms with Crippen molar-refractivity contribution in [3.63, 3.8) is 0 Å². The number of aryl methyl sites for hydroxylation is 1. The molecule has 1 aliphatic rings. The molecule has 2 atom stereocenters. The van der Waals surface area contributed by atoms with Gasteiger partial charge < -0.3 is 10.1 Å². The molecule has 1 N–H and O–H groups in total. The van der Waals surface area contributed by atoms with Crippen molar-refractivity contribution in [1.29, 1.82) is 0 Å². The van der Waals surface area contributed by atoms with E-state index in [9.17, 15) is 0 Å². The number of methoxy groups -OCH3 is 1. The first-order valence-corrected chi connectivity index (χ1v) is 6.21. The third kappa shape index (κ3) is 2.35. The number of rotatable bonds is 4. The van der Waals surface area contributed by atoms with Crippen molar-refractivity contribution in [2.75, 3.05) is 7.11 Å². The third-order valence-corrected chi connectivity index (χ3v) is 4.15. The van der Waals surface area contributed by atoms with E-state index in [1.165, 1.54) is 11.1 Å². The quantitative estimate of drug-likeness (QED) is 0.868. The molecule has 17 heavy (non-hydrogen) atoms. The molecule has 3 nitrogen and oxygen atoms in total. The molecule has 1 fully saturated rings. The van der Waals surface area contributed by atoms with Crippen LogP contribution in [0.3, 0.4) is 0 Å². The number of pyridine rings is 1. The van der Waals surface area contributed by atoms with Gasteiger partial charge in [0.2, 0.25) is 0 Å². The largest absolute Gasteiger partial charge is 0.381 e. The van der Waals surface area contributed by atoms with Crippen molar-refractivity contribution in [2.24, 2.45) is 5.41 Å². The monoisotopic (exact) mass is 234 g/mol. The highest BCUT2D eigenvalue weighted by atomic mass is 16.5. The second kappa shape index (κ2) is 4.75. The SMILES string of the molecule is COC1CC(NCc2cnccc2C)C1(C)C. The molecular weight excluding hydrogens is 212 g/mol. The summed E-state index contributed by atoms with van der Waals surface area (Å²) >= 11 is 0. The van der Waals surface area contributed by atoms with Gasteiger partial charge in [0.05, 0.1) is 6.10 Å². The van der Waals surface area contributed by atoms with E-state index in [1.807, 2.05) is 12.4 Å². The van der Waals surface area contributed by atoms with Crippen LogP contribution in [0, 0.1) is 12.3 Å². The van der Waals surface area contributed by atoms with Gasteiger partial charge in [-0.25, -0.2) is 0 Å². The van der Waals surface area contributed by atoms with Crippen LogP contribution in [0.4, 0.5) is 0 Å². The highest BCUT2D eigenvalue weighted by molar-refractivity contribution is 5.21. The number of hydrogen-bond acceptors (Lipinski definition) is 3. The van der Waals surface area contributed by atoms with E-state index in [4.69, 9.17) is 4.74 Å². The molecular formula is C14H22N2O. The second-order valence-corrected chi connectivity index (χ2v) is 5.52. The molecule has 1 heterocycles. The maximum Gasteiger partial charge on any atom is 0.0652 e. The normalized spacial score (nSPS) is 26.6. The molecule has 0 radical (unpaired) electrons. The molecule has 1 aromatic rings. The maximum atomic E-state index is 5.46. The summed E-state index contributed by atoms with van der Waals surface area (Å²) in [6.45, 7) is 7.55. The van der Waals surface area contributed by atoms with Crippen molar-refractivity contribution in [1.82, 2.24) is 10.3 Å². The van der Waals surface area contributed by atoms with Crippen LogP contribution < -0.4 is 5.32 Å². The fraction of sp³-hybridized carbons (Fsp3) is 0.643. The molecule has 1 aliphatic carbocycles. The molecule has 0 saturated heterocycles. The number of nitrogens with zero attached hydrogens (tertiary/aromatic N) is 1. The topological polar surface area (TPSA) is 34.1 Å². The Bertz CT molecular complexity index is 390. The Morgan fingerprint density at radius 3 is 2.88 bits per heavy atom. The van der Waals surface area contributed by atoms with Crippen molar-refractivity contribution >= 4 is 0 Å². The van der Waals surface area contributed by atoms with Crippen molar-refractivity contribution in [3.05, 3.63) is 29.6 Å². The van der Waals surface area contributed by atoms with Gasteiger partial charge in [-0.2, -0.15) is 0 Å². The zero-order valence-electron chi connectivity index (χ0n) is 11.2. The van der Waals surface area contributed by atoms with E-state index in [0.29, 0.717) is 12.1 Å². The van der Waals surface area contributed by atoms with Gasteiger partial charge in [0.1, 0.15) is 0 Å². The Morgan fingerprint density at radius 1 is 1.53 bits per heavy atom. The number of ether oxygens (including phenoxy) is 1. The van der Waals surface area contributed by atoms with Crippen LogP contribution in [-0.4, -0.2) is 24.2 Å². The van der Waals surface area contributed by atoms with Gasteiger partial charge in [-0.15, -0.1) is 0 Å². The summed E-state index contributed by atoms with van der Waals surface area (Å²) in [6, 6.07) is 2.59. The lowest BCUT2D eigenvalue weighted by atomic mass is 9.64. The predicted octanol–water partition coefficient (Wildman–Crippen LogP) is 2.29. The lowest BCUT2D eigenvalue weighted by molar-refractivity contribution is -0.0979. The van der Waals surface area contributed by atoms with E-state index in [-0.39, 0.29) is 5.41 Å². The van der Waals surface area contributed by atoms with Crippen molar-refractivity contribution in [3.8, 4) is 0 Å². The molecule has 1 saturated carbocycles. The van der Waals surface area contributed by atoms with E-state index < -0.39 is 0 Å². The number of nitrogens with one attached hydrogen (secondary N) is 1. The minimum absolute atomic E-state index is 0.227. The third-order valence-electron chi connectivity index (χ3n) is 4.15. The first-order valence-electron chi connectivity index (χ1n) is 6.21. The van der Waals surface area contributed by atoms with Crippen LogP contribution in [0.2, 0.25) is 0 Å². The smallest absolute Gasteiger partial charge is 0.0652 e. The highest BCUT2D eigenvalue weighted by Crippen LogP contribution is 2.42. The van der Waals surface area contributed by atoms with Gasteiger partial charge in [0.15, 0.2) is 0 Å². The number of aromatic nitrogens is 1. The van der Waals surface area contributed by atoms with Gasteiger partial charge in [-0.3, -0.25) is 4.98 Å². The molecule has 94 valence electrons. The summed E-state index contributed by atoms with van der Waals surface area (Å²) in [7, 11) is 1.80. The van der Waals surface area contributed by atoms with Gasteiger partial charge in [-0.05, 0) is 30.5 Å². The fourth-order valence-electron chi connectivity index (χ4n) is 2.55. The van der Waals surface area contributed by atoms with E-state index >= 15 is 0 Å². The Hall–Kier alpha value is -0.930.